The number of amides is 1. The van der Waals surface area contributed by atoms with Crippen LogP contribution < -0.4 is 11.1 Å². The van der Waals surface area contributed by atoms with E-state index in [1.807, 2.05) is 0 Å². The van der Waals surface area contributed by atoms with Gasteiger partial charge in [0, 0.05) is 12.0 Å². The zero-order valence-corrected chi connectivity index (χ0v) is 13.4. The van der Waals surface area contributed by atoms with Crippen molar-refractivity contribution < 1.29 is 4.79 Å². The molecule has 0 spiro atoms. The van der Waals surface area contributed by atoms with Crippen LogP contribution in [0.25, 0.3) is 0 Å². The fourth-order valence-electron chi connectivity index (χ4n) is 2.85. The lowest BCUT2D eigenvalue weighted by Gasteiger charge is -2.31. The van der Waals surface area contributed by atoms with E-state index >= 15 is 0 Å². The molecule has 0 heterocycles. The molecule has 0 saturated heterocycles. The molecule has 1 rings (SSSR count). The van der Waals surface area contributed by atoms with Crippen LogP contribution in [0.15, 0.2) is 0 Å². The predicted molar refractivity (Wildman–Crippen MR) is 80.8 cm³/mol. The molecule has 1 saturated carbocycles. The molecule has 3 nitrogen and oxygen atoms in total. The van der Waals surface area contributed by atoms with Crippen molar-refractivity contribution in [2.45, 2.75) is 72.3 Å². The van der Waals surface area contributed by atoms with Gasteiger partial charge in [-0.25, -0.2) is 0 Å². The maximum Gasteiger partial charge on any atom is 0.220 e. The molecule has 3 heteroatoms. The van der Waals surface area contributed by atoms with E-state index in [4.69, 9.17) is 5.73 Å². The summed E-state index contributed by atoms with van der Waals surface area (Å²) in [6, 6.07) is 0. The second-order valence-corrected chi connectivity index (χ2v) is 7.72. The molecule has 1 aliphatic rings. The predicted octanol–water partition coefficient (Wildman–Crippen LogP) is 3.08. The molecule has 3 N–H and O–H groups in total. The molecule has 1 fully saturated rings. The molecule has 1 atom stereocenters. The van der Waals surface area contributed by atoms with Crippen LogP contribution in [0, 0.1) is 17.3 Å². The van der Waals surface area contributed by atoms with Gasteiger partial charge < -0.3 is 11.1 Å². The summed E-state index contributed by atoms with van der Waals surface area (Å²) in [5, 5.41) is 3.20. The minimum absolute atomic E-state index is 0.0256. The minimum atomic E-state index is -0.0256. The first-order valence-electron chi connectivity index (χ1n) is 7.68. The Hall–Kier alpha value is -0.570. The first kappa shape index (κ1) is 16.5. The first-order chi connectivity index (χ1) is 8.66. The molecule has 0 aromatic carbocycles. The maximum atomic E-state index is 12.1. The van der Waals surface area contributed by atoms with Crippen LogP contribution in [0.4, 0.5) is 0 Å². The average Bonchev–Trinajstić information content (AvgIpc) is 3.05. The highest BCUT2D eigenvalue weighted by Crippen LogP contribution is 2.39. The normalized spacial score (nSPS) is 18.2. The third-order valence-corrected chi connectivity index (χ3v) is 4.52. The van der Waals surface area contributed by atoms with E-state index in [0.717, 1.165) is 12.8 Å². The van der Waals surface area contributed by atoms with Gasteiger partial charge in [-0.15, -0.1) is 0 Å². The van der Waals surface area contributed by atoms with Crippen molar-refractivity contribution in [1.29, 1.82) is 0 Å². The third kappa shape index (κ3) is 5.52. The fraction of sp³-hybridized carbons (Fsp3) is 0.938. The molecule has 1 aliphatic carbocycles. The van der Waals surface area contributed by atoms with Gasteiger partial charge in [0.15, 0.2) is 0 Å². The van der Waals surface area contributed by atoms with Crippen LogP contribution in [0.5, 0.6) is 0 Å². The minimum Gasteiger partial charge on any atom is -0.351 e. The number of carbonyl (C=O) groups excluding carboxylic acids is 1. The largest absolute Gasteiger partial charge is 0.351 e. The van der Waals surface area contributed by atoms with Crippen LogP contribution in [0.1, 0.15) is 66.7 Å². The molecule has 0 aromatic rings. The molecule has 1 amide bonds. The van der Waals surface area contributed by atoms with Gasteiger partial charge >= 0.3 is 0 Å². The van der Waals surface area contributed by atoms with E-state index < -0.39 is 0 Å². The van der Waals surface area contributed by atoms with Crippen molar-refractivity contribution in [2.24, 2.45) is 23.0 Å². The summed E-state index contributed by atoms with van der Waals surface area (Å²) in [4.78, 5) is 12.1. The molecule has 0 bridgehead atoms. The van der Waals surface area contributed by atoms with Gasteiger partial charge in [0.1, 0.15) is 0 Å². The Morgan fingerprint density at radius 1 is 1.21 bits per heavy atom. The molecule has 19 heavy (non-hydrogen) atoms. The fourth-order valence-corrected chi connectivity index (χ4v) is 2.85. The summed E-state index contributed by atoms with van der Waals surface area (Å²) in [6.45, 7) is 11.7. The van der Waals surface area contributed by atoms with Crippen molar-refractivity contribution >= 4 is 5.91 Å². The Labute approximate surface area is 118 Å². The SMILES string of the molecule is CC(C)(C)C(CCN)CCC(=O)NC(C)(C)C1CC1. The number of rotatable bonds is 7. The van der Waals surface area contributed by atoms with E-state index in [-0.39, 0.29) is 16.9 Å². The Balaban J connectivity index is 2.39. The lowest BCUT2D eigenvalue weighted by Crippen LogP contribution is -2.45. The summed E-state index contributed by atoms with van der Waals surface area (Å²) in [6.07, 6.45) is 5.07. The molecule has 112 valence electrons. The zero-order chi connectivity index (χ0) is 14.7. The van der Waals surface area contributed by atoms with Gasteiger partial charge in [-0.05, 0) is 63.3 Å². The number of nitrogens with one attached hydrogen (secondary N) is 1. The monoisotopic (exact) mass is 268 g/mol. The van der Waals surface area contributed by atoms with Crippen LogP contribution in [0.3, 0.4) is 0 Å². The lowest BCUT2D eigenvalue weighted by atomic mass is 9.76. The summed E-state index contributed by atoms with van der Waals surface area (Å²) in [5.74, 6) is 1.40. The van der Waals surface area contributed by atoms with Crippen molar-refractivity contribution in [2.75, 3.05) is 6.54 Å². The maximum absolute atomic E-state index is 12.1. The van der Waals surface area contributed by atoms with E-state index in [1.165, 1.54) is 12.8 Å². The highest BCUT2D eigenvalue weighted by Gasteiger charge is 2.38. The number of carbonyl (C=O) groups is 1. The molecule has 0 aliphatic heterocycles. The Morgan fingerprint density at radius 3 is 2.21 bits per heavy atom. The summed E-state index contributed by atoms with van der Waals surface area (Å²) < 4.78 is 0. The van der Waals surface area contributed by atoms with E-state index in [2.05, 4.69) is 39.9 Å². The van der Waals surface area contributed by atoms with E-state index in [1.54, 1.807) is 0 Å². The van der Waals surface area contributed by atoms with Crippen LogP contribution >= 0.6 is 0 Å². The van der Waals surface area contributed by atoms with Crippen molar-refractivity contribution in [3.8, 4) is 0 Å². The standard InChI is InChI=1S/C16H32N2O/c1-15(2,3)12(10-11-17)8-9-14(19)18-16(4,5)13-6-7-13/h12-13H,6-11,17H2,1-5H3,(H,18,19). The van der Waals surface area contributed by atoms with Gasteiger partial charge in [0.05, 0.1) is 0 Å². The molecular formula is C16H32N2O. The molecule has 0 radical (unpaired) electrons. The second-order valence-electron chi connectivity index (χ2n) is 7.72. The van der Waals surface area contributed by atoms with Crippen LogP contribution in [0.2, 0.25) is 0 Å². The summed E-state index contributed by atoms with van der Waals surface area (Å²) in [5.41, 5.74) is 5.88. The number of hydrogen-bond donors (Lipinski definition) is 2. The summed E-state index contributed by atoms with van der Waals surface area (Å²) in [7, 11) is 0. The Morgan fingerprint density at radius 2 is 1.79 bits per heavy atom. The van der Waals surface area contributed by atoms with E-state index in [9.17, 15) is 4.79 Å². The Kier molecular flexibility index (Phi) is 5.43. The first-order valence-corrected chi connectivity index (χ1v) is 7.68. The number of nitrogens with two attached hydrogens (primary N) is 1. The molecule has 0 aromatic heterocycles. The quantitative estimate of drug-likeness (QED) is 0.745. The molecule has 1 unspecified atom stereocenters. The van der Waals surface area contributed by atoms with Gasteiger partial charge in [0.25, 0.3) is 0 Å². The number of hydrogen-bond acceptors (Lipinski definition) is 2. The second kappa shape index (κ2) is 6.25. The Bertz CT molecular complexity index is 300. The van der Waals surface area contributed by atoms with Gasteiger partial charge in [-0.3, -0.25) is 4.79 Å². The smallest absolute Gasteiger partial charge is 0.220 e. The topological polar surface area (TPSA) is 55.1 Å². The van der Waals surface area contributed by atoms with E-state index in [0.29, 0.717) is 24.8 Å². The average molecular weight is 268 g/mol. The lowest BCUT2D eigenvalue weighted by molar-refractivity contribution is -0.123. The van der Waals surface area contributed by atoms with Crippen molar-refractivity contribution in [3.05, 3.63) is 0 Å². The van der Waals surface area contributed by atoms with Gasteiger partial charge in [0.2, 0.25) is 5.91 Å². The third-order valence-electron chi connectivity index (χ3n) is 4.52. The van der Waals surface area contributed by atoms with Crippen molar-refractivity contribution in [3.63, 3.8) is 0 Å². The van der Waals surface area contributed by atoms with Crippen LogP contribution in [-0.4, -0.2) is 18.0 Å². The van der Waals surface area contributed by atoms with Gasteiger partial charge in [-0.2, -0.15) is 0 Å². The molecular weight excluding hydrogens is 236 g/mol. The highest BCUT2D eigenvalue weighted by molar-refractivity contribution is 5.76. The van der Waals surface area contributed by atoms with Crippen LogP contribution in [-0.2, 0) is 4.79 Å². The highest BCUT2D eigenvalue weighted by atomic mass is 16.1. The summed E-state index contributed by atoms with van der Waals surface area (Å²) >= 11 is 0. The van der Waals surface area contributed by atoms with Gasteiger partial charge in [-0.1, -0.05) is 20.8 Å². The van der Waals surface area contributed by atoms with Crippen molar-refractivity contribution in [1.82, 2.24) is 5.32 Å². The zero-order valence-electron chi connectivity index (χ0n) is 13.4.